The molecule has 1 fully saturated rings. The number of piperidine rings is 1. The molecule has 1 aliphatic rings. The van der Waals surface area contributed by atoms with Crippen molar-refractivity contribution in [2.24, 2.45) is 11.8 Å². The Kier molecular flexibility index (Phi) is 6.15. The smallest absolute Gasteiger partial charge is 0.410 e. The number of amides is 1. The van der Waals surface area contributed by atoms with Crippen molar-refractivity contribution >= 4 is 6.09 Å². The summed E-state index contributed by atoms with van der Waals surface area (Å²) < 4.78 is 5.42. The predicted molar refractivity (Wildman–Crippen MR) is 79.2 cm³/mol. The van der Waals surface area contributed by atoms with Gasteiger partial charge in [-0.25, -0.2) is 4.79 Å². The highest BCUT2D eigenvalue weighted by Crippen LogP contribution is 2.27. The van der Waals surface area contributed by atoms with Crippen molar-refractivity contribution in [3.63, 3.8) is 0 Å². The van der Waals surface area contributed by atoms with Gasteiger partial charge in [0.15, 0.2) is 0 Å². The van der Waals surface area contributed by atoms with Gasteiger partial charge in [-0.05, 0) is 51.9 Å². The number of carbonyl (C=O) groups is 1. The van der Waals surface area contributed by atoms with Gasteiger partial charge >= 0.3 is 6.09 Å². The first kappa shape index (κ1) is 16.3. The number of ether oxygens (including phenoxy) is 1. The van der Waals surface area contributed by atoms with E-state index in [2.05, 4.69) is 13.8 Å². The predicted octanol–water partition coefficient (Wildman–Crippen LogP) is 4.46. The Morgan fingerprint density at radius 1 is 1.21 bits per heavy atom. The van der Waals surface area contributed by atoms with Gasteiger partial charge in [0.25, 0.3) is 0 Å². The molecule has 1 rings (SSSR count). The fourth-order valence-electron chi connectivity index (χ4n) is 2.77. The number of hydrogen-bond donors (Lipinski definition) is 0. The lowest BCUT2D eigenvalue weighted by Crippen LogP contribution is -2.41. The van der Waals surface area contributed by atoms with Crippen LogP contribution in [0.1, 0.15) is 66.7 Å². The maximum Gasteiger partial charge on any atom is 0.410 e. The number of likely N-dealkylation sites (tertiary alicyclic amines) is 1. The standard InChI is InChI=1S/C16H31NO2/c1-6-13(7-2)12-14-8-10-17(11-9-14)15(18)19-16(3,4)5/h13-14H,6-12H2,1-5H3. The quantitative estimate of drug-likeness (QED) is 0.754. The summed E-state index contributed by atoms with van der Waals surface area (Å²) in [6, 6.07) is 0. The minimum atomic E-state index is -0.385. The molecule has 0 unspecified atom stereocenters. The third kappa shape index (κ3) is 5.84. The molecule has 1 amide bonds. The van der Waals surface area contributed by atoms with Gasteiger partial charge in [0, 0.05) is 13.1 Å². The summed E-state index contributed by atoms with van der Waals surface area (Å²) in [6.07, 6.45) is 6.01. The molecular formula is C16H31NO2. The lowest BCUT2D eigenvalue weighted by molar-refractivity contribution is 0.0175. The lowest BCUT2D eigenvalue weighted by Gasteiger charge is -2.34. The minimum Gasteiger partial charge on any atom is -0.444 e. The fraction of sp³-hybridized carbons (Fsp3) is 0.938. The van der Waals surface area contributed by atoms with Crippen molar-refractivity contribution in [3.05, 3.63) is 0 Å². The van der Waals surface area contributed by atoms with Crippen molar-refractivity contribution in [1.82, 2.24) is 4.90 Å². The molecule has 1 aliphatic heterocycles. The summed E-state index contributed by atoms with van der Waals surface area (Å²) >= 11 is 0. The van der Waals surface area contributed by atoms with Crippen LogP contribution in [0.4, 0.5) is 4.79 Å². The molecule has 0 spiro atoms. The first-order chi connectivity index (χ1) is 8.85. The zero-order valence-corrected chi connectivity index (χ0v) is 13.4. The molecule has 0 bridgehead atoms. The van der Waals surface area contributed by atoms with Crippen LogP contribution >= 0.6 is 0 Å². The van der Waals surface area contributed by atoms with E-state index in [1.165, 1.54) is 19.3 Å². The average molecular weight is 269 g/mol. The Balaban J connectivity index is 2.34. The minimum absolute atomic E-state index is 0.145. The lowest BCUT2D eigenvalue weighted by atomic mass is 9.85. The molecule has 0 aromatic carbocycles. The van der Waals surface area contributed by atoms with E-state index in [1.54, 1.807) is 0 Å². The van der Waals surface area contributed by atoms with E-state index in [4.69, 9.17) is 4.74 Å². The van der Waals surface area contributed by atoms with Crippen molar-refractivity contribution in [2.75, 3.05) is 13.1 Å². The highest BCUT2D eigenvalue weighted by Gasteiger charge is 2.27. The Hall–Kier alpha value is -0.730. The van der Waals surface area contributed by atoms with Gasteiger partial charge in [0.05, 0.1) is 0 Å². The van der Waals surface area contributed by atoms with E-state index >= 15 is 0 Å². The van der Waals surface area contributed by atoms with Crippen LogP contribution in [0.25, 0.3) is 0 Å². The second-order valence-corrected chi connectivity index (χ2v) is 6.83. The maximum atomic E-state index is 12.0. The van der Waals surface area contributed by atoms with Gasteiger partial charge < -0.3 is 9.64 Å². The molecular weight excluding hydrogens is 238 g/mol. The topological polar surface area (TPSA) is 29.5 Å². The molecule has 0 aliphatic carbocycles. The van der Waals surface area contributed by atoms with E-state index in [-0.39, 0.29) is 11.7 Å². The van der Waals surface area contributed by atoms with E-state index in [0.29, 0.717) is 0 Å². The largest absolute Gasteiger partial charge is 0.444 e. The molecule has 0 saturated carbocycles. The van der Waals surface area contributed by atoms with Gasteiger partial charge in [-0.1, -0.05) is 26.7 Å². The summed E-state index contributed by atoms with van der Waals surface area (Å²) in [7, 11) is 0. The summed E-state index contributed by atoms with van der Waals surface area (Å²) in [4.78, 5) is 13.8. The highest BCUT2D eigenvalue weighted by molar-refractivity contribution is 5.68. The Labute approximate surface area is 118 Å². The number of carbonyl (C=O) groups excluding carboxylic acids is 1. The summed E-state index contributed by atoms with van der Waals surface area (Å²) in [6.45, 7) is 12.0. The van der Waals surface area contributed by atoms with Gasteiger partial charge in [0.2, 0.25) is 0 Å². The van der Waals surface area contributed by atoms with Crippen molar-refractivity contribution in [3.8, 4) is 0 Å². The van der Waals surface area contributed by atoms with Crippen LogP contribution in [0.15, 0.2) is 0 Å². The van der Waals surface area contributed by atoms with Crippen LogP contribution in [0.5, 0.6) is 0 Å². The second kappa shape index (κ2) is 7.16. The van der Waals surface area contributed by atoms with E-state index in [1.807, 2.05) is 25.7 Å². The zero-order chi connectivity index (χ0) is 14.5. The van der Waals surface area contributed by atoms with E-state index < -0.39 is 0 Å². The van der Waals surface area contributed by atoms with Crippen molar-refractivity contribution in [2.45, 2.75) is 72.3 Å². The fourth-order valence-corrected chi connectivity index (χ4v) is 2.77. The molecule has 1 saturated heterocycles. The second-order valence-electron chi connectivity index (χ2n) is 6.83. The molecule has 112 valence electrons. The van der Waals surface area contributed by atoms with E-state index in [0.717, 1.165) is 37.8 Å². The molecule has 0 aromatic rings. The molecule has 3 heteroatoms. The van der Waals surface area contributed by atoms with Gasteiger partial charge in [-0.3, -0.25) is 0 Å². The normalized spacial score (nSPS) is 17.9. The van der Waals surface area contributed by atoms with Crippen LogP contribution in [-0.4, -0.2) is 29.7 Å². The monoisotopic (exact) mass is 269 g/mol. The highest BCUT2D eigenvalue weighted by atomic mass is 16.6. The van der Waals surface area contributed by atoms with Gasteiger partial charge in [-0.2, -0.15) is 0 Å². The molecule has 0 atom stereocenters. The maximum absolute atomic E-state index is 12.0. The first-order valence-corrected chi connectivity index (χ1v) is 7.83. The van der Waals surface area contributed by atoms with Crippen LogP contribution in [0.2, 0.25) is 0 Å². The summed E-state index contributed by atoms with van der Waals surface area (Å²) in [5.74, 6) is 1.65. The zero-order valence-electron chi connectivity index (χ0n) is 13.4. The Bertz CT molecular complexity index is 271. The Morgan fingerprint density at radius 2 is 1.74 bits per heavy atom. The third-order valence-electron chi connectivity index (χ3n) is 4.09. The third-order valence-corrected chi connectivity index (χ3v) is 4.09. The molecule has 0 N–H and O–H groups in total. The van der Waals surface area contributed by atoms with Crippen molar-refractivity contribution < 1.29 is 9.53 Å². The molecule has 1 heterocycles. The average Bonchev–Trinajstić information content (AvgIpc) is 2.34. The summed E-state index contributed by atoms with van der Waals surface area (Å²) in [5.41, 5.74) is -0.385. The summed E-state index contributed by atoms with van der Waals surface area (Å²) in [5, 5.41) is 0. The first-order valence-electron chi connectivity index (χ1n) is 7.83. The molecule has 3 nitrogen and oxygen atoms in total. The molecule has 0 radical (unpaired) electrons. The number of hydrogen-bond acceptors (Lipinski definition) is 2. The van der Waals surface area contributed by atoms with E-state index in [9.17, 15) is 4.79 Å². The van der Waals surface area contributed by atoms with Crippen LogP contribution in [-0.2, 0) is 4.74 Å². The number of nitrogens with zero attached hydrogens (tertiary/aromatic N) is 1. The van der Waals surface area contributed by atoms with Crippen molar-refractivity contribution in [1.29, 1.82) is 0 Å². The van der Waals surface area contributed by atoms with Gasteiger partial charge in [0.1, 0.15) is 5.60 Å². The van der Waals surface area contributed by atoms with Crippen LogP contribution in [0.3, 0.4) is 0 Å². The molecule has 19 heavy (non-hydrogen) atoms. The SMILES string of the molecule is CCC(CC)CC1CCN(C(=O)OC(C)(C)C)CC1. The Morgan fingerprint density at radius 3 is 2.16 bits per heavy atom. The number of rotatable bonds is 4. The molecule has 0 aromatic heterocycles. The van der Waals surface area contributed by atoms with Gasteiger partial charge in [-0.15, -0.1) is 0 Å². The van der Waals surface area contributed by atoms with Crippen LogP contribution < -0.4 is 0 Å². The van der Waals surface area contributed by atoms with Crippen LogP contribution in [0, 0.1) is 11.8 Å².